The zero-order valence-corrected chi connectivity index (χ0v) is 67.7. The monoisotopic (exact) mass is 1690 g/mol. The molecule has 2 N–H and O–H groups in total. The molecule has 2 aliphatic rings. The van der Waals surface area contributed by atoms with Crippen LogP contribution in [0, 0.1) is 116 Å². The minimum absolute atomic E-state index is 0.0391. The number of aromatic nitrogens is 1. The summed E-state index contributed by atoms with van der Waals surface area (Å²) in [5.74, 6) is -52.1. The van der Waals surface area contributed by atoms with Crippen molar-refractivity contribution in [3.05, 3.63) is 296 Å². The lowest BCUT2D eigenvalue weighted by Gasteiger charge is -2.38. The molecule has 16 rings (SSSR count). The molecule has 1 aromatic heterocycles. The summed E-state index contributed by atoms with van der Waals surface area (Å²) in [6.45, 7) is 26.1. The predicted octanol–water partition coefficient (Wildman–Crippen LogP) is 28.0. The second-order valence-corrected chi connectivity index (χ2v) is 36.0. The van der Waals surface area contributed by atoms with E-state index in [2.05, 4.69) is 10.6 Å². The van der Waals surface area contributed by atoms with Crippen molar-refractivity contribution in [2.24, 2.45) is 0 Å². The van der Waals surface area contributed by atoms with Crippen LogP contribution >= 0.6 is 0 Å². The SMILES string of the molecule is [2H]c1c([2H])c([2H])c2c(c1[2H])c1cc(C(C)(C)C)ccc1n2-c1cc2c3c(c1)Nc1c(cc(-c4cc(C(C)(C)C)cc(C(C)(C)C)c4)cc1-c1c(-c4c(F)c(F)c(F)c(F)c4F)cccc1-c1c(F)c(F)c(F)c(F)c1F)B3c1cc(-c3cc(C(C)(C)C)cc(C(C)(C)C)c3)cc(-c3c(-c4c(F)c(F)c(F)c(F)c4F)cccc3-c3c(F)c(F)c(F)c(F)c3F)c1N2. The number of nitrogens with one attached hydrogen (secondary N) is 2. The van der Waals surface area contributed by atoms with Crippen molar-refractivity contribution >= 4 is 67.7 Å². The fourth-order valence-corrected chi connectivity index (χ4v) is 16.5. The van der Waals surface area contributed by atoms with Crippen molar-refractivity contribution in [2.75, 3.05) is 10.6 Å². The molecule has 14 aromatic rings. The first-order chi connectivity index (χ1) is 58.7. The van der Waals surface area contributed by atoms with Gasteiger partial charge in [-0.25, -0.2) is 87.8 Å². The van der Waals surface area contributed by atoms with Crippen molar-refractivity contribution in [1.82, 2.24) is 4.57 Å². The Balaban J connectivity index is 1.19. The molecule has 0 aliphatic carbocycles. The fraction of sp³-hybridized carbons (Fsp3) is 0.204. The van der Waals surface area contributed by atoms with E-state index < -0.39 is 252 Å². The third kappa shape index (κ3) is 13.2. The number of anilines is 4. The lowest BCUT2D eigenvalue weighted by atomic mass is 9.33. The summed E-state index contributed by atoms with van der Waals surface area (Å²) < 4.78 is 372. The van der Waals surface area contributed by atoms with Crippen molar-refractivity contribution < 1.29 is 93.3 Å². The number of fused-ring (bicyclic) bond motifs is 7. The first-order valence-electron chi connectivity index (χ1n) is 40.5. The molecule has 0 bridgehead atoms. The van der Waals surface area contributed by atoms with Crippen LogP contribution in [0.1, 0.15) is 137 Å². The molecule has 2 aliphatic heterocycles. The standard InChI is InChI=1S/C98H72BF20N3/c1-94(2,3)45-26-27-64-56(38-45)51-20-16-17-25-63(51)122(64)50-39-61-71-62(40-50)121-93-58(66-54(69-76(104)84(112)90(118)85(113)77(69)105)23-19-24-55(66)70-78(106)86(114)91(119)87(115)79(70)107)33-44(42-30-48(97(10,11)12)37-49(31-42)98(13,14)15)35-60(93)99(71)59-34-43(41-28-46(95(4,5)6)36-47(29-41)96(7,8)9)32-57(92(59)120-61)65-52(67-72(100)80(108)88(116)81(109)73(67)101)21-18-22-53(65)68-74(102)82(110)89(117)83(111)75(68)103/h16-40,120-121H,1-15H3/i16D,17D,20D,25D. The molecule has 0 amide bonds. The molecule has 3 nitrogen and oxygen atoms in total. The van der Waals surface area contributed by atoms with Crippen LogP contribution in [0.3, 0.4) is 0 Å². The van der Waals surface area contributed by atoms with E-state index in [0.29, 0.717) is 27.8 Å². The van der Waals surface area contributed by atoms with Crippen molar-refractivity contribution in [2.45, 2.75) is 131 Å². The Kier molecular flexibility index (Phi) is 18.5. The average Bonchev–Trinajstić information content (AvgIpc) is 0.894. The van der Waals surface area contributed by atoms with Gasteiger partial charge in [0, 0.05) is 44.6 Å². The Morgan fingerprint density at radius 2 is 0.557 bits per heavy atom. The van der Waals surface area contributed by atoms with Gasteiger partial charge in [-0.1, -0.05) is 213 Å². The Morgan fingerprint density at radius 1 is 0.270 bits per heavy atom. The molecular formula is C98H72BF20N3. The van der Waals surface area contributed by atoms with Crippen LogP contribution in [-0.4, -0.2) is 11.3 Å². The summed E-state index contributed by atoms with van der Waals surface area (Å²) in [4.78, 5) is 0. The van der Waals surface area contributed by atoms with Crippen LogP contribution < -0.4 is 27.0 Å². The molecule has 24 heteroatoms. The van der Waals surface area contributed by atoms with E-state index in [9.17, 15) is 4.11 Å². The van der Waals surface area contributed by atoms with Crippen LogP contribution in [0.25, 0.3) is 117 Å². The number of nitrogens with zero attached hydrogens (tertiary/aromatic N) is 1. The van der Waals surface area contributed by atoms with E-state index in [1.54, 1.807) is 42.5 Å². The minimum atomic E-state index is -2.70. The lowest BCUT2D eigenvalue weighted by Crippen LogP contribution is -2.59. The number of hydrogen-bond acceptors (Lipinski definition) is 2. The molecule has 13 aromatic carbocycles. The van der Waals surface area contributed by atoms with E-state index in [0.717, 1.165) is 36.4 Å². The summed E-state index contributed by atoms with van der Waals surface area (Å²) >= 11 is 0. The van der Waals surface area contributed by atoms with Crippen molar-refractivity contribution in [3.63, 3.8) is 0 Å². The maximum atomic E-state index is 17.5. The summed E-state index contributed by atoms with van der Waals surface area (Å²) in [5.41, 5.74) is -17.5. The molecule has 0 spiro atoms. The van der Waals surface area contributed by atoms with Crippen LogP contribution in [0.4, 0.5) is 111 Å². The van der Waals surface area contributed by atoms with E-state index in [1.807, 2.05) is 116 Å². The third-order valence-corrected chi connectivity index (χ3v) is 23.0. The van der Waals surface area contributed by atoms with Gasteiger partial charge >= 0.3 is 0 Å². The van der Waals surface area contributed by atoms with Gasteiger partial charge in [-0.3, -0.25) is 0 Å². The quantitative estimate of drug-likeness (QED) is 0.0653. The summed E-state index contributed by atoms with van der Waals surface area (Å²) in [6.07, 6.45) is 0. The van der Waals surface area contributed by atoms with Gasteiger partial charge < -0.3 is 15.2 Å². The lowest BCUT2D eigenvalue weighted by molar-refractivity contribution is 0.381. The molecule has 0 fully saturated rings. The van der Waals surface area contributed by atoms with E-state index >= 15 is 87.8 Å². The highest BCUT2D eigenvalue weighted by atomic mass is 19.2. The zero-order valence-electron chi connectivity index (χ0n) is 71.7. The van der Waals surface area contributed by atoms with Gasteiger partial charge in [0.05, 0.1) is 44.5 Å². The number of halogens is 20. The van der Waals surface area contributed by atoms with Gasteiger partial charge in [0.25, 0.3) is 6.71 Å². The summed E-state index contributed by atoms with van der Waals surface area (Å²) in [7, 11) is 0. The normalized spacial score (nSPS) is 13.5. The first kappa shape index (κ1) is 78.5. The highest BCUT2D eigenvalue weighted by Crippen LogP contribution is 2.54. The number of hydrogen-bond donors (Lipinski definition) is 2. The Hall–Kier alpha value is -12.1. The van der Waals surface area contributed by atoms with Gasteiger partial charge in [0.2, 0.25) is 23.3 Å². The number of para-hydroxylation sites is 1. The van der Waals surface area contributed by atoms with Crippen LogP contribution in [0.5, 0.6) is 0 Å². The number of benzene rings is 13. The fourth-order valence-electron chi connectivity index (χ4n) is 16.5. The predicted molar refractivity (Wildman–Crippen MR) is 441 cm³/mol. The van der Waals surface area contributed by atoms with Gasteiger partial charge in [-0.15, -0.1) is 0 Å². The average molecular weight is 1690 g/mol. The first-order valence-corrected chi connectivity index (χ1v) is 38.5. The smallest absolute Gasteiger partial charge is 0.252 e. The van der Waals surface area contributed by atoms with Crippen molar-refractivity contribution in [3.8, 4) is 94.7 Å². The van der Waals surface area contributed by atoms with E-state index in [1.165, 1.54) is 41.0 Å². The molecule has 122 heavy (non-hydrogen) atoms. The zero-order chi connectivity index (χ0) is 91.8. The molecule has 622 valence electrons. The topological polar surface area (TPSA) is 29.0 Å². The van der Waals surface area contributed by atoms with Crippen LogP contribution in [0.15, 0.2) is 152 Å². The van der Waals surface area contributed by atoms with E-state index in [4.69, 9.17) is 1.37 Å². The van der Waals surface area contributed by atoms with Gasteiger partial charge in [-0.05, 0) is 169 Å². The molecule has 0 saturated carbocycles. The van der Waals surface area contributed by atoms with Gasteiger partial charge in [0.1, 0.15) is 0 Å². The third-order valence-electron chi connectivity index (χ3n) is 23.0. The molecule has 0 unspecified atom stereocenters. The maximum absolute atomic E-state index is 17.5. The summed E-state index contributed by atoms with van der Waals surface area (Å²) in [5, 5.41) is 6.91. The maximum Gasteiger partial charge on any atom is 0.252 e. The minimum Gasteiger partial charge on any atom is -0.356 e. The van der Waals surface area contributed by atoms with Crippen LogP contribution in [0.2, 0.25) is 0 Å². The van der Waals surface area contributed by atoms with Crippen molar-refractivity contribution in [1.29, 1.82) is 0 Å². The molecule has 3 heterocycles. The molecule has 0 atom stereocenters. The molecule has 0 saturated heterocycles. The van der Waals surface area contributed by atoms with Gasteiger partial charge in [0.15, 0.2) is 93.1 Å². The Morgan fingerprint density at radius 3 is 0.861 bits per heavy atom. The second kappa shape index (κ2) is 28.8. The second-order valence-electron chi connectivity index (χ2n) is 36.0. The Labute approximate surface area is 694 Å². The Bertz CT molecular complexity index is 6490. The van der Waals surface area contributed by atoms with Gasteiger partial charge in [-0.2, -0.15) is 0 Å². The highest BCUT2D eigenvalue weighted by Gasteiger charge is 2.45. The largest absolute Gasteiger partial charge is 0.356 e. The molecule has 0 radical (unpaired) electrons. The number of rotatable bonds is 9. The molecular weight excluding hydrogens is 1610 g/mol. The highest BCUT2D eigenvalue weighted by molar-refractivity contribution is 7.00. The van der Waals surface area contributed by atoms with E-state index in [-0.39, 0.29) is 77.5 Å². The summed E-state index contributed by atoms with van der Waals surface area (Å²) in [6, 6.07) is 25.8. The van der Waals surface area contributed by atoms with Crippen LogP contribution in [-0.2, 0) is 27.1 Å².